The standard InChI is InChI=1S/C15H22N2O/c1-11-3-4-14(12(2)9-11)15(18)17-8-6-13-5-7-16-10-13/h3-4,9,13,16H,5-8,10H2,1-2H3,(H,17,18). The maximum atomic E-state index is 12.0. The molecule has 2 rings (SSSR count). The van der Waals surface area contributed by atoms with E-state index in [-0.39, 0.29) is 5.91 Å². The van der Waals surface area contributed by atoms with Gasteiger partial charge in [-0.2, -0.15) is 0 Å². The Morgan fingerprint density at radius 3 is 2.94 bits per heavy atom. The summed E-state index contributed by atoms with van der Waals surface area (Å²) in [6.07, 6.45) is 2.31. The Balaban J connectivity index is 1.83. The topological polar surface area (TPSA) is 41.1 Å². The number of rotatable bonds is 4. The highest BCUT2D eigenvalue weighted by Crippen LogP contribution is 2.12. The van der Waals surface area contributed by atoms with Crippen molar-refractivity contribution < 1.29 is 4.79 Å². The summed E-state index contributed by atoms with van der Waals surface area (Å²) < 4.78 is 0. The van der Waals surface area contributed by atoms with Crippen molar-refractivity contribution in [2.75, 3.05) is 19.6 Å². The number of aryl methyl sites for hydroxylation is 2. The number of hydrogen-bond donors (Lipinski definition) is 2. The molecule has 18 heavy (non-hydrogen) atoms. The van der Waals surface area contributed by atoms with Crippen LogP contribution in [0.1, 0.15) is 34.3 Å². The fraction of sp³-hybridized carbons (Fsp3) is 0.533. The Morgan fingerprint density at radius 1 is 1.44 bits per heavy atom. The highest BCUT2D eigenvalue weighted by Gasteiger charge is 2.14. The van der Waals surface area contributed by atoms with Gasteiger partial charge in [-0.25, -0.2) is 0 Å². The third kappa shape index (κ3) is 3.33. The van der Waals surface area contributed by atoms with Crippen LogP contribution in [0.15, 0.2) is 18.2 Å². The summed E-state index contributed by atoms with van der Waals surface area (Å²) in [5, 5.41) is 6.36. The molecule has 1 heterocycles. The van der Waals surface area contributed by atoms with Gasteiger partial charge in [-0.1, -0.05) is 17.7 Å². The Labute approximate surface area is 109 Å². The van der Waals surface area contributed by atoms with E-state index in [4.69, 9.17) is 0 Å². The average Bonchev–Trinajstić information content (AvgIpc) is 2.81. The van der Waals surface area contributed by atoms with Gasteiger partial charge >= 0.3 is 0 Å². The SMILES string of the molecule is Cc1ccc(C(=O)NCCC2CCNC2)c(C)c1. The second kappa shape index (κ2) is 6.01. The minimum absolute atomic E-state index is 0.0541. The molecule has 1 aromatic rings. The van der Waals surface area contributed by atoms with Crippen molar-refractivity contribution in [2.45, 2.75) is 26.7 Å². The Morgan fingerprint density at radius 2 is 2.28 bits per heavy atom. The molecule has 2 N–H and O–H groups in total. The van der Waals surface area contributed by atoms with E-state index in [1.165, 1.54) is 12.0 Å². The predicted octanol–water partition coefficient (Wildman–Crippen LogP) is 2.03. The summed E-state index contributed by atoms with van der Waals surface area (Å²) in [6, 6.07) is 5.95. The molecule has 1 aliphatic heterocycles. The molecule has 0 spiro atoms. The van der Waals surface area contributed by atoms with Gasteiger partial charge in [0.2, 0.25) is 0 Å². The van der Waals surface area contributed by atoms with Crippen LogP contribution in [-0.4, -0.2) is 25.5 Å². The molecule has 0 saturated carbocycles. The summed E-state index contributed by atoms with van der Waals surface area (Å²) in [6.45, 7) is 7.03. The van der Waals surface area contributed by atoms with E-state index in [0.29, 0.717) is 0 Å². The summed E-state index contributed by atoms with van der Waals surface area (Å²) >= 11 is 0. The van der Waals surface area contributed by atoms with Crippen molar-refractivity contribution in [3.63, 3.8) is 0 Å². The number of benzene rings is 1. The molecule has 0 bridgehead atoms. The van der Waals surface area contributed by atoms with Gasteiger partial charge in [0.15, 0.2) is 0 Å². The average molecular weight is 246 g/mol. The van der Waals surface area contributed by atoms with Crippen LogP contribution >= 0.6 is 0 Å². The monoisotopic (exact) mass is 246 g/mol. The zero-order chi connectivity index (χ0) is 13.0. The molecule has 1 amide bonds. The molecule has 0 aromatic heterocycles. The van der Waals surface area contributed by atoms with Crippen LogP contribution in [0.5, 0.6) is 0 Å². The first-order valence-corrected chi connectivity index (χ1v) is 6.73. The van der Waals surface area contributed by atoms with E-state index in [0.717, 1.165) is 43.1 Å². The first-order chi connectivity index (χ1) is 8.66. The van der Waals surface area contributed by atoms with Crippen molar-refractivity contribution in [1.29, 1.82) is 0 Å². The molecule has 1 unspecified atom stereocenters. The molecule has 1 aromatic carbocycles. The summed E-state index contributed by atoms with van der Waals surface area (Å²) in [7, 11) is 0. The summed E-state index contributed by atoms with van der Waals surface area (Å²) in [4.78, 5) is 12.0. The van der Waals surface area contributed by atoms with Gasteiger partial charge in [-0.3, -0.25) is 4.79 Å². The maximum absolute atomic E-state index is 12.0. The van der Waals surface area contributed by atoms with E-state index in [9.17, 15) is 4.79 Å². The lowest BCUT2D eigenvalue weighted by Gasteiger charge is -2.11. The quantitative estimate of drug-likeness (QED) is 0.853. The molecule has 0 aliphatic carbocycles. The highest BCUT2D eigenvalue weighted by molar-refractivity contribution is 5.95. The van der Waals surface area contributed by atoms with E-state index in [2.05, 4.69) is 16.7 Å². The minimum Gasteiger partial charge on any atom is -0.352 e. The van der Waals surface area contributed by atoms with Gasteiger partial charge in [0.1, 0.15) is 0 Å². The molecule has 98 valence electrons. The number of hydrogen-bond acceptors (Lipinski definition) is 2. The largest absolute Gasteiger partial charge is 0.352 e. The smallest absolute Gasteiger partial charge is 0.251 e. The van der Waals surface area contributed by atoms with Crippen molar-refractivity contribution in [3.05, 3.63) is 34.9 Å². The van der Waals surface area contributed by atoms with Gasteiger partial charge in [0, 0.05) is 12.1 Å². The number of amides is 1. The lowest BCUT2D eigenvalue weighted by molar-refractivity contribution is 0.0951. The normalized spacial score (nSPS) is 18.9. The molecule has 3 nitrogen and oxygen atoms in total. The third-order valence-corrected chi connectivity index (χ3v) is 3.63. The predicted molar refractivity (Wildman–Crippen MR) is 73.8 cm³/mol. The third-order valence-electron chi connectivity index (χ3n) is 3.63. The number of carbonyl (C=O) groups is 1. The van der Waals surface area contributed by atoms with Crippen LogP contribution in [0.25, 0.3) is 0 Å². The van der Waals surface area contributed by atoms with Crippen LogP contribution in [0.2, 0.25) is 0 Å². The van der Waals surface area contributed by atoms with Gasteiger partial charge in [-0.05, 0) is 57.3 Å². The first-order valence-electron chi connectivity index (χ1n) is 6.73. The molecule has 1 aliphatic rings. The molecule has 1 atom stereocenters. The zero-order valence-electron chi connectivity index (χ0n) is 11.3. The molecule has 1 saturated heterocycles. The lowest BCUT2D eigenvalue weighted by Crippen LogP contribution is -2.27. The molecule has 1 fully saturated rings. The first kappa shape index (κ1) is 13.1. The van der Waals surface area contributed by atoms with Gasteiger partial charge in [0.25, 0.3) is 5.91 Å². The molecule has 0 radical (unpaired) electrons. The van der Waals surface area contributed by atoms with Crippen molar-refractivity contribution in [1.82, 2.24) is 10.6 Å². The van der Waals surface area contributed by atoms with Crippen molar-refractivity contribution >= 4 is 5.91 Å². The lowest BCUT2D eigenvalue weighted by atomic mass is 10.0. The van der Waals surface area contributed by atoms with Gasteiger partial charge in [0.05, 0.1) is 0 Å². The highest BCUT2D eigenvalue weighted by atomic mass is 16.1. The van der Waals surface area contributed by atoms with Crippen LogP contribution < -0.4 is 10.6 Å². The van der Waals surface area contributed by atoms with E-state index in [1.807, 2.05) is 26.0 Å². The molecule has 3 heteroatoms. The van der Waals surface area contributed by atoms with Crippen LogP contribution in [0.4, 0.5) is 0 Å². The van der Waals surface area contributed by atoms with Crippen LogP contribution in [-0.2, 0) is 0 Å². The van der Waals surface area contributed by atoms with Gasteiger partial charge < -0.3 is 10.6 Å². The fourth-order valence-electron chi connectivity index (χ4n) is 2.51. The Bertz CT molecular complexity index is 423. The zero-order valence-corrected chi connectivity index (χ0v) is 11.3. The fourth-order valence-corrected chi connectivity index (χ4v) is 2.51. The second-order valence-corrected chi connectivity index (χ2v) is 5.22. The summed E-state index contributed by atoms with van der Waals surface area (Å²) in [5.41, 5.74) is 3.04. The van der Waals surface area contributed by atoms with E-state index in [1.54, 1.807) is 0 Å². The molecular formula is C15H22N2O. The minimum atomic E-state index is 0.0541. The maximum Gasteiger partial charge on any atom is 0.251 e. The summed E-state index contributed by atoms with van der Waals surface area (Å²) in [5.74, 6) is 0.780. The number of nitrogens with one attached hydrogen (secondary N) is 2. The Hall–Kier alpha value is -1.35. The van der Waals surface area contributed by atoms with E-state index < -0.39 is 0 Å². The van der Waals surface area contributed by atoms with Crippen LogP contribution in [0.3, 0.4) is 0 Å². The number of carbonyl (C=O) groups excluding carboxylic acids is 1. The second-order valence-electron chi connectivity index (χ2n) is 5.22. The van der Waals surface area contributed by atoms with Crippen molar-refractivity contribution in [3.8, 4) is 0 Å². The van der Waals surface area contributed by atoms with Crippen LogP contribution in [0, 0.1) is 19.8 Å². The Kier molecular flexibility index (Phi) is 4.37. The molecular weight excluding hydrogens is 224 g/mol. The van der Waals surface area contributed by atoms with Crippen molar-refractivity contribution in [2.24, 2.45) is 5.92 Å². The van der Waals surface area contributed by atoms with Gasteiger partial charge in [-0.15, -0.1) is 0 Å². The van der Waals surface area contributed by atoms with E-state index >= 15 is 0 Å².